The molecule has 0 saturated heterocycles. The molecule has 1 atom stereocenters. The standard InChI is InChI=1S/C14H12FNO3S/c1-9-5-6-10(7-13(9)15)14(17)16-11-3-2-4-12(8-11)20(18)19/h2-8H,1H3,(H,16,17)(H,18,19)/p-1. The van der Waals surface area contributed by atoms with Crippen molar-refractivity contribution in [2.75, 3.05) is 5.32 Å². The van der Waals surface area contributed by atoms with E-state index in [1.54, 1.807) is 13.0 Å². The lowest BCUT2D eigenvalue weighted by Crippen LogP contribution is -2.12. The van der Waals surface area contributed by atoms with Crippen LogP contribution in [0.15, 0.2) is 47.4 Å². The zero-order chi connectivity index (χ0) is 14.7. The largest absolute Gasteiger partial charge is 0.768 e. The van der Waals surface area contributed by atoms with Crippen molar-refractivity contribution >= 4 is 22.7 Å². The summed E-state index contributed by atoms with van der Waals surface area (Å²) in [6.07, 6.45) is 0. The molecule has 0 saturated carbocycles. The van der Waals surface area contributed by atoms with Crippen molar-refractivity contribution in [2.24, 2.45) is 0 Å². The molecule has 104 valence electrons. The number of carbonyl (C=O) groups is 1. The fourth-order valence-electron chi connectivity index (χ4n) is 1.61. The van der Waals surface area contributed by atoms with Crippen LogP contribution < -0.4 is 5.32 Å². The maximum Gasteiger partial charge on any atom is 0.255 e. The number of halogens is 1. The molecule has 6 heteroatoms. The summed E-state index contributed by atoms with van der Waals surface area (Å²) in [4.78, 5) is 12.0. The molecular weight excluding hydrogens is 281 g/mol. The SMILES string of the molecule is Cc1ccc(C(=O)Nc2cccc(S(=O)[O-])c2)cc1F. The Balaban J connectivity index is 2.21. The third-order valence-corrected chi connectivity index (χ3v) is 3.36. The smallest absolute Gasteiger partial charge is 0.255 e. The second-order valence-corrected chi connectivity index (χ2v) is 5.12. The number of carbonyl (C=O) groups excluding carboxylic acids is 1. The maximum absolute atomic E-state index is 13.4. The van der Waals surface area contributed by atoms with Crippen molar-refractivity contribution < 1.29 is 17.9 Å². The Morgan fingerprint density at radius 1 is 1.25 bits per heavy atom. The number of rotatable bonds is 3. The van der Waals surface area contributed by atoms with Gasteiger partial charge in [0.1, 0.15) is 5.82 Å². The number of hydrogen-bond acceptors (Lipinski definition) is 3. The summed E-state index contributed by atoms with van der Waals surface area (Å²) in [5.41, 5.74) is 0.949. The van der Waals surface area contributed by atoms with E-state index in [-0.39, 0.29) is 10.5 Å². The van der Waals surface area contributed by atoms with Crippen LogP contribution in [0.1, 0.15) is 15.9 Å². The van der Waals surface area contributed by atoms with Gasteiger partial charge in [-0.1, -0.05) is 12.1 Å². The lowest BCUT2D eigenvalue weighted by Gasteiger charge is -2.09. The van der Waals surface area contributed by atoms with Gasteiger partial charge in [0.15, 0.2) is 0 Å². The Labute approximate surface area is 117 Å². The molecule has 0 fully saturated rings. The molecule has 0 radical (unpaired) electrons. The van der Waals surface area contributed by atoms with Crippen molar-refractivity contribution in [1.29, 1.82) is 0 Å². The molecule has 0 aromatic heterocycles. The van der Waals surface area contributed by atoms with Crippen molar-refractivity contribution in [3.05, 3.63) is 59.4 Å². The predicted octanol–water partition coefficient (Wildman–Crippen LogP) is 2.62. The molecule has 0 spiro atoms. The minimum absolute atomic E-state index is 0.0675. The predicted molar refractivity (Wildman–Crippen MR) is 72.7 cm³/mol. The van der Waals surface area contributed by atoms with Crippen molar-refractivity contribution in [2.45, 2.75) is 11.8 Å². The number of benzene rings is 2. The van der Waals surface area contributed by atoms with Gasteiger partial charge >= 0.3 is 0 Å². The highest BCUT2D eigenvalue weighted by atomic mass is 32.2. The molecular formula is C14H11FNO3S-. The minimum Gasteiger partial charge on any atom is -0.768 e. The van der Waals surface area contributed by atoms with Crippen LogP contribution in [0.2, 0.25) is 0 Å². The van der Waals surface area contributed by atoms with E-state index in [1.165, 1.54) is 30.3 Å². The highest BCUT2D eigenvalue weighted by Crippen LogP contribution is 2.15. The first-order valence-electron chi connectivity index (χ1n) is 5.74. The van der Waals surface area contributed by atoms with Gasteiger partial charge in [-0.25, -0.2) is 4.39 Å². The average molecular weight is 292 g/mol. The van der Waals surface area contributed by atoms with E-state index < -0.39 is 22.8 Å². The Morgan fingerprint density at radius 3 is 2.65 bits per heavy atom. The second kappa shape index (κ2) is 5.94. The summed E-state index contributed by atoms with van der Waals surface area (Å²) in [6, 6.07) is 9.95. The van der Waals surface area contributed by atoms with E-state index in [1.807, 2.05) is 0 Å². The van der Waals surface area contributed by atoms with Crippen LogP contribution in [-0.2, 0) is 11.1 Å². The number of amides is 1. The fourth-order valence-corrected chi connectivity index (χ4v) is 2.03. The molecule has 2 aromatic rings. The maximum atomic E-state index is 13.4. The third kappa shape index (κ3) is 3.28. The molecule has 2 aromatic carbocycles. The first-order chi connectivity index (χ1) is 9.47. The first kappa shape index (κ1) is 14.4. The molecule has 0 bridgehead atoms. The van der Waals surface area contributed by atoms with Gasteiger partial charge in [-0.05, 0) is 53.9 Å². The summed E-state index contributed by atoms with van der Waals surface area (Å²) >= 11 is -2.37. The van der Waals surface area contributed by atoms with Gasteiger partial charge in [0.25, 0.3) is 5.91 Å². The van der Waals surface area contributed by atoms with Crippen molar-refractivity contribution in [1.82, 2.24) is 0 Å². The molecule has 4 nitrogen and oxygen atoms in total. The normalized spacial score (nSPS) is 11.9. The summed E-state index contributed by atoms with van der Waals surface area (Å²) in [5.74, 6) is -0.968. The van der Waals surface area contributed by atoms with Gasteiger partial charge in [-0.3, -0.25) is 9.00 Å². The van der Waals surface area contributed by atoms with Gasteiger partial charge in [0.2, 0.25) is 0 Å². The summed E-state index contributed by atoms with van der Waals surface area (Å²) in [6.45, 7) is 1.60. The van der Waals surface area contributed by atoms with Gasteiger partial charge < -0.3 is 9.87 Å². The molecule has 0 heterocycles. The van der Waals surface area contributed by atoms with Gasteiger partial charge in [0, 0.05) is 16.1 Å². The molecule has 20 heavy (non-hydrogen) atoms. The lowest BCUT2D eigenvalue weighted by molar-refractivity contribution is 0.102. The fraction of sp³-hybridized carbons (Fsp3) is 0.0714. The molecule has 1 amide bonds. The molecule has 1 unspecified atom stereocenters. The molecule has 1 N–H and O–H groups in total. The van der Waals surface area contributed by atoms with E-state index in [0.29, 0.717) is 11.3 Å². The number of anilines is 1. The topological polar surface area (TPSA) is 69.2 Å². The average Bonchev–Trinajstić information content (AvgIpc) is 2.42. The molecule has 2 rings (SSSR count). The minimum atomic E-state index is -2.37. The quantitative estimate of drug-likeness (QED) is 0.884. The molecule has 0 aliphatic carbocycles. The summed E-state index contributed by atoms with van der Waals surface area (Å²) in [5, 5.41) is 2.52. The van der Waals surface area contributed by atoms with Crippen LogP contribution in [0, 0.1) is 12.7 Å². The van der Waals surface area contributed by atoms with Crippen LogP contribution in [0.4, 0.5) is 10.1 Å². The van der Waals surface area contributed by atoms with Crippen LogP contribution >= 0.6 is 0 Å². The van der Waals surface area contributed by atoms with E-state index in [0.717, 1.165) is 6.07 Å². The third-order valence-electron chi connectivity index (χ3n) is 2.72. The first-order valence-corrected chi connectivity index (χ1v) is 6.81. The zero-order valence-corrected chi connectivity index (χ0v) is 11.4. The van der Waals surface area contributed by atoms with E-state index in [4.69, 9.17) is 0 Å². The summed E-state index contributed by atoms with van der Waals surface area (Å²) in [7, 11) is 0. The monoisotopic (exact) mass is 292 g/mol. The summed E-state index contributed by atoms with van der Waals surface area (Å²) < 4.78 is 35.0. The van der Waals surface area contributed by atoms with Crippen LogP contribution in [0.25, 0.3) is 0 Å². The van der Waals surface area contributed by atoms with Crippen molar-refractivity contribution in [3.63, 3.8) is 0 Å². The Morgan fingerprint density at radius 2 is 2.00 bits per heavy atom. The van der Waals surface area contributed by atoms with Crippen LogP contribution in [-0.4, -0.2) is 14.7 Å². The number of hydrogen-bond donors (Lipinski definition) is 1. The van der Waals surface area contributed by atoms with Crippen LogP contribution in [0.3, 0.4) is 0 Å². The Hall–Kier alpha value is -2.05. The van der Waals surface area contributed by atoms with E-state index in [9.17, 15) is 17.9 Å². The van der Waals surface area contributed by atoms with Crippen LogP contribution in [0.5, 0.6) is 0 Å². The highest BCUT2D eigenvalue weighted by molar-refractivity contribution is 7.79. The van der Waals surface area contributed by atoms with E-state index in [2.05, 4.69) is 5.32 Å². The van der Waals surface area contributed by atoms with Gasteiger partial charge in [-0.15, -0.1) is 0 Å². The lowest BCUT2D eigenvalue weighted by atomic mass is 10.1. The highest BCUT2D eigenvalue weighted by Gasteiger charge is 2.08. The number of aryl methyl sites for hydroxylation is 1. The zero-order valence-electron chi connectivity index (χ0n) is 10.6. The second-order valence-electron chi connectivity index (χ2n) is 4.18. The van der Waals surface area contributed by atoms with E-state index >= 15 is 0 Å². The van der Waals surface area contributed by atoms with Crippen molar-refractivity contribution in [3.8, 4) is 0 Å². The molecule has 0 aliphatic rings. The Kier molecular flexibility index (Phi) is 4.26. The van der Waals surface area contributed by atoms with Gasteiger partial charge in [-0.2, -0.15) is 0 Å². The number of nitrogens with one attached hydrogen (secondary N) is 1. The van der Waals surface area contributed by atoms with Gasteiger partial charge in [0.05, 0.1) is 0 Å². The molecule has 0 aliphatic heterocycles. The Bertz CT molecular complexity index is 688.